The number of amides is 5. The monoisotopic (exact) mass is 507 g/mol. The Morgan fingerprint density at radius 2 is 1.46 bits per heavy atom. The van der Waals surface area contributed by atoms with Crippen molar-refractivity contribution >= 4 is 35.6 Å². The van der Waals surface area contributed by atoms with Crippen molar-refractivity contribution in [3.63, 3.8) is 0 Å². The minimum absolute atomic E-state index is 0.0453. The van der Waals surface area contributed by atoms with Gasteiger partial charge in [-0.3, -0.25) is 24.0 Å². The normalized spacial score (nSPS) is 23.0. The van der Waals surface area contributed by atoms with Crippen molar-refractivity contribution in [1.82, 2.24) is 26.6 Å². The van der Waals surface area contributed by atoms with Gasteiger partial charge in [0.05, 0.1) is 6.54 Å². The quantitative estimate of drug-likeness (QED) is 0.313. The lowest BCUT2D eigenvalue weighted by Gasteiger charge is -2.21. The number of rotatable bonds is 3. The second-order valence-electron chi connectivity index (χ2n) is 8.59. The summed E-state index contributed by atoms with van der Waals surface area (Å²) in [6.45, 7) is 2.45. The standard InChI is InChI=1S/C26H29N5O6/c1-15-23(34)27-14-22(33)30-20(13-18-8-10-19(32)11-9-18)25(36)29-16(2)24(35)31-21(26(37)28-15)12-17-6-4-3-5-7-17/h3-12,15-16,20,32H,13-14H2,1-2H3,(H,27,34)(H,28,37)(H,29,36)(H,30,33)(H,31,35)/b21-12+/t15-,16-,20-/m0/s1. The summed E-state index contributed by atoms with van der Waals surface area (Å²) in [4.78, 5) is 63.9. The van der Waals surface area contributed by atoms with Crippen molar-refractivity contribution in [3.05, 3.63) is 71.4 Å². The Labute approximate surface area is 213 Å². The number of carbonyl (C=O) groups excluding carboxylic acids is 5. The molecule has 37 heavy (non-hydrogen) atoms. The van der Waals surface area contributed by atoms with Crippen LogP contribution >= 0.6 is 0 Å². The second kappa shape index (κ2) is 12.3. The number of aromatic hydroxyl groups is 1. The first kappa shape index (κ1) is 26.9. The average Bonchev–Trinajstić information content (AvgIpc) is 2.87. The number of phenolic OH excluding ortho intramolecular Hbond substituents is 1. The molecule has 3 atom stereocenters. The van der Waals surface area contributed by atoms with Crippen molar-refractivity contribution in [2.75, 3.05) is 6.54 Å². The summed E-state index contributed by atoms with van der Waals surface area (Å²) < 4.78 is 0. The second-order valence-corrected chi connectivity index (χ2v) is 8.59. The summed E-state index contributed by atoms with van der Waals surface area (Å²) in [5.41, 5.74) is 1.15. The summed E-state index contributed by atoms with van der Waals surface area (Å²) in [6.07, 6.45) is 1.51. The number of carbonyl (C=O) groups is 5. The highest BCUT2D eigenvalue weighted by atomic mass is 16.3. The molecule has 1 saturated heterocycles. The summed E-state index contributed by atoms with van der Waals surface area (Å²) in [5, 5.41) is 22.1. The van der Waals surface area contributed by atoms with E-state index in [2.05, 4.69) is 26.6 Å². The van der Waals surface area contributed by atoms with Gasteiger partial charge in [-0.1, -0.05) is 42.5 Å². The Hall–Kier alpha value is -4.67. The lowest BCUT2D eigenvalue weighted by atomic mass is 10.0. The van der Waals surface area contributed by atoms with Crippen LogP contribution in [0.2, 0.25) is 0 Å². The number of nitrogens with one attached hydrogen (secondary N) is 5. The zero-order valence-corrected chi connectivity index (χ0v) is 20.4. The van der Waals surface area contributed by atoms with Gasteiger partial charge >= 0.3 is 0 Å². The van der Waals surface area contributed by atoms with Gasteiger partial charge in [0.2, 0.25) is 23.6 Å². The molecule has 0 unspecified atom stereocenters. The zero-order valence-electron chi connectivity index (χ0n) is 20.4. The first-order chi connectivity index (χ1) is 17.6. The first-order valence-electron chi connectivity index (χ1n) is 11.7. The van der Waals surface area contributed by atoms with Crippen LogP contribution in [0.4, 0.5) is 0 Å². The number of phenols is 1. The lowest BCUT2D eigenvalue weighted by molar-refractivity contribution is -0.132. The smallest absolute Gasteiger partial charge is 0.268 e. The van der Waals surface area contributed by atoms with Gasteiger partial charge in [-0.05, 0) is 43.2 Å². The van der Waals surface area contributed by atoms with Gasteiger partial charge in [-0.2, -0.15) is 0 Å². The minimum Gasteiger partial charge on any atom is -0.508 e. The Bertz CT molecular complexity index is 1200. The van der Waals surface area contributed by atoms with E-state index in [-0.39, 0.29) is 17.9 Å². The molecule has 3 rings (SSSR count). The van der Waals surface area contributed by atoms with E-state index in [1.165, 1.54) is 32.1 Å². The molecule has 0 aromatic heterocycles. The van der Waals surface area contributed by atoms with E-state index in [4.69, 9.17) is 0 Å². The van der Waals surface area contributed by atoms with Gasteiger partial charge in [0.15, 0.2) is 0 Å². The molecule has 1 aliphatic rings. The van der Waals surface area contributed by atoms with Gasteiger partial charge in [-0.25, -0.2) is 0 Å². The van der Waals surface area contributed by atoms with Gasteiger partial charge in [0.25, 0.3) is 5.91 Å². The predicted octanol–water partition coefficient (Wildman–Crippen LogP) is -0.284. The van der Waals surface area contributed by atoms with Crippen LogP contribution < -0.4 is 26.6 Å². The molecule has 1 aliphatic heterocycles. The molecule has 0 saturated carbocycles. The largest absolute Gasteiger partial charge is 0.508 e. The van der Waals surface area contributed by atoms with Crippen LogP contribution in [0, 0.1) is 0 Å². The fourth-order valence-electron chi connectivity index (χ4n) is 3.48. The van der Waals surface area contributed by atoms with E-state index >= 15 is 0 Å². The molecule has 11 heteroatoms. The van der Waals surface area contributed by atoms with Gasteiger partial charge in [0, 0.05) is 6.42 Å². The maximum atomic E-state index is 13.0. The van der Waals surface area contributed by atoms with Gasteiger partial charge < -0.3 is 31.7 Å². The van der Waals surface area contributed by atoms with Crippen LogP contribution in [0.1, 0.15) is 25.0 Å². The fourth-order valence-corrected chi connectivity index (χ4v) is 3.48. The molecule has 2 aromatic carbocycles. The van der Waals surface area contributed by atoms with Crippen LogP contribution in [-0.2, 0) is 30.4 Å². The van der Waals surface area contributed by atoms with Crippen molar-refractivity contribution in [2.45, 2.75) is 38.4 Å². The molecule has 5 amide bonds. The molecular weight excluding hydrogens is 478 g/mol. The highest BCUT2D eigenvalue weighted by molar-refractivity contribution is 6.04. The predicted molar refractivity (Wildman–Crippen MR) is 135 cm³/mol. The summed E-state index contributed by atoms with van der Waals surface area (Å²) >= 11 is 0. The Morgan fingerprint density at radius 1 is 0.811 bits per heavy atom. The Kier molecular flexibility index (Phi) is 8.98. The number of hydrogen-bond acceptors (Lipinski definition) is 6. The Balaban J connectivity index is 1.89. The lowest BCUT2D eigenvalue weighted by Crippen LogP contribution is -2.54. The minimum atomic E-state index is -1.08. The first-order valence-corrected chi connectivity index (χ1v) is 11.7. The van der Waals surface area contributed by atoms with E-state index in [1.807, 2.05) is 0 Å². The van der Waals surface area contributed by atoms with E-state index in [1.54, 1.807) is 42.5 Å². The molecule has 0 aliphatic carbocycles. The highest BCUT2D eigenvalue weighted by Crippen LogP contribution is 2.12. The van der Waals surface area contributed by atoms with Gasteiger partial charge in [-0.15, -0.1) is 0 Å². The molecule has 0 spiro atoms. The summed E-state index contributed by atoms with van der Waals surface area (Å²) in [6, 6.07) is 11.7. The maximum absolute atomic E-state index is 13.0. The third kappa shape index (κ3) is 7.92. The number of hydrogen-bond donors (Lipinski definition) is 6. The average molecular weight is 508 g/mol. The maximum Gasteiger partial charge on any atom is 0.268 e. The van der Waals surface area contributed by atoms with E-state index < -0.39 is 54.2 Å². The SMILES string of the molecule is C[C@@H]1NC(=O)/C(=C\c2ccccc2)NC(=O)[C@H](C)NC(=O)[C@H](Cc2ccc(O)cc2)NC(=O)CNC1=O. The molecule has 1 fully saturated rings. The molecule has 2 aromatic rings. The topological polar surface area (TPSA) is 166 Å². The molecule has 0 bridgehead atoms. The summed E-state index contributed by atoms with van der Waals surface area (Å²) in [5.74, 6) is -3.25. The van der Waals surface area contributed by atoms with E-state index in [0.29, 0.717) is 11.1 Å². The molecule has 0 radical (unpaired) electrons. The third-order valence-corrected chi connectivity index (χ3v) is 5.56. The van der Waals surface area contributed by atoms with Crippen LogP contribution in [0.15, 0.2) is 60.3 Å². The zero-order chi connectivity index (χ0) is 26.9. The Morgan fingerprint density at radius 3 is 2.14 bits per heavy atom. The van der Waals surface area contributed by atoms with Crippen LogP contribution in [0.25, 0.3) is 6.08 Å². The van der Waals surface area contributed by atoms with Crippen molar-refractivity contribution in [1.29, 1.82) is 0 Å². The summed E-state index contributed by atoms with van der Waals surface area (Å²) in [7, 11) is 0. The van der Waals surface area contributed by atoms with Crippen molar-refractivity contribution in [3.8, 4) is 5.75 Å². The van der Waals surface area contributed by atoms with Crippen LogP contribution in [-0.4, -0.2) is 59.3 Å². The molecule has 1 heterocycles. The van der Waals surface area contributed by atoms with Crippen LogP contribution in [0.3, 0.4) is 0 Å². The molecular formula is C26H29N5O6. The molecule has 11 nitrogen and oxygen atoms in total. The van der Waals surface area contributed by atoms with Crippen molar-refractivity contribution < 1.29 is 29.1 Å². The third-order valence-electron chi connectivity index (χ3n) is 5.56. The number of benzene rings is 2. The van der Waals surface area contributed by atoms with Crippen LogP contribution in [0.5, 0.6) is 5.75 Å². The fraction of sp³-hybridized carbons (Fsp3) is 0.269. The van der Waals surface area contributed by atoms with E-state index in [0.717, 1.165) is 0 Å². The van der Waals surface area contributed by atoms with E-state index in [9.17, 15) is 29.1 Å². The molecule has 6 N–H and O–H groups in total. The molecule has 194 valence electrons. The van der Waals surface area contributed by atoms with Crippen molar-refractivity contribution in [2.24, 2.45) is 0 Å². The highest BCUT2D eigenvalue weighted by Gasteiger charge is 2.27. The van der Waals surface area contributed by atoms with Gasteiger partial charge in [0.1, 0.15) is 29.6 Å².